The van der Waals surface area contributed by atoms with E-state index in [4.69, 9.17) is 0 Å². The zero-order valence-electron chi connectivity index (χ0n) is 7.18. The predicted molar refractivity (Wildman–Crippen MR) is 42.3 cm³/mol. The fourth-order valence-corrected chi connectivity index (χ4v) is 1.51. The number of nitrogens with zero attached hydrogens (tertiary/aromatic N) is 1. The topological polar surface area (TPSA) is 23.1 Å². The van der Waals surface area contributed by atoms with E-state index < -0.39 is 0 Å². The first-order valence-electron chi connectivity index (χ1n) is 4.02. The number of quaternary nitrogens is 1. The number of likely N-dealkylation sites (tertiary alicyclic amines) is 1. The molecule has 1 atom stereocenters. The third-order valence-corrected chi connectivity index (χ3v) is 2.90. The van der Waals surface area contributed by atoms with Crippen LogP contribution < -0.4 is 0 Å². The Kier molecular flexibility index (Phi) is 1.77. The molecule has 10 heavy (non-hydrogen) atoms. The minimum Gasteiger partial charge on any atom is -0.633 e. The summed E-state index contributed by atoms with van der Waals surface area (Å²) in [7, 11) is 1.79. The van der Waals surface area contributed by atoms with Gasteiger partial charge in [-0.1, -0.05) is 0 Å². The quantitative estimate of drug-likeness (QED) is 0.375. The van der Waals surface area contributed by atoms with Crippen LogP contribution in [0.1, 0.15) is 33.1 Å². The second-order valence-electron chi connectivity index (χ2n) is 4.09. The van der Waals surface area contributed by atoms with Crippen LogP contribution in [0.5, 0.6) is 0 Å². The largest absolute Gasteiger partial charge is 0.633 e. The minimum atomic E-state index is -0.0486. The van der Waals surface area contributed by atoms with Crippen molar-refractivity contribution in [3.63, 3.8) is 0 Å². The predicted octanol–water partition coefficient (Wildman–Crippen LogP) is 1.89. The Hall–Kier alpha value is -0.0800. The monoisotopic (exact) mass is 143 g/mol. The third kappa shape index (κ3) is 1.18. The summed E-state index contributed by atoms with van der Waals surface area (Å²) in [6, 6.07) is 0. The van der Waals surface area contributed by atoms with Gasteiger partial charge >= 0.3 is 0 Å². The molecule has 1 saturated heterocycles. The van der Waals surface area contributed by atoms with E-state index in [-0.39, 0.29) is 10.2 Å². The van der Waals surface area contributed by atoms with Crippen LogP contribution >= 0.6 is 0 Å². The highest BCUT2D eigenvalue weighted by atomic mass is 16.5. The van der Waals surface area contributed by atoms with Gasteiger partial charge in [0.2, 0.25) is 0 Å². The van der Waals surface area contributed by atoms with Crippen LogP contribution in [0, 0.1) is 5.21 Å². The standard InChI is InChI=1S/C8H17NO/c1-8(2)6-4-5-7-9(8,3)10/h4-7H2,1-3H3. The first kappa shape index (κ1) is 8.02. The van der Waals surface area contributed by atoms with E-state index in [1.807, 2.05) is 0 Å². The third-order valence-electron chi connectivity index (χ3n) is 2.90. The van der Waals surface area contributed by atoms with Gasteiger partial charge in [0.05, 0.1) is 19.1 Å². The zero-order valence-corrected chi connectivity index (χ0v) is 7.18. The lowest BCUT2D eigenvalue weighted by molar-refractivity contribution is -0.915. The lowest BCUT2D eigenvalue weighted by Gasteiger charge is -2.54. The molecule has 60 valence electrons. The van der Waals surface area contributed by atoms with Gasteiger partial charge in [-0.3, -0.25) is 0 Å². The number of hydrogen-bond donors (Lipinski definition) is 0. The average Bonchev–Trinajstić information content (AvgIpc) is 1.77. The molecule has 0 aromatic carbocycles. The van der Waals surface area contributed by atoms with Crippen molar-refractivity contribution in [2.24, 2.45) is 0 Å². The summed E-state index contributed by atoms with van der Waals surface area (Å²) < 4.78 is -0.0486. The minimum absolute atomic E-state index is 0.0434. The maximum absolute atomic E-state index is 11.7. The molecule has 2 nitrogen and oxygen atoms in total. The van der Waals surface area contributed by atoms with Crippen molar-refractivity contribution in [2.75, 3.05) is 13.6 Å². The van der Waals surface area contributed by atoms with Crippen molar-refractivity contribution in [1.29, 1.82) is 0 Å². The Balaban J connectivity index is 2.70. The number of hydroxylamine groups is 3. The van der Waals surface area contributed by atoms with Gasteiger partial charge in [-0.25, -0.2) is 0 Å². The van der Waals surface area contributed by atoms with Gasteiger partial charge in [0.15, 0.2) is 0 Å². The molecule has 0 spiro atoms. The lowest BCUT2D eigenvalue weighted by atomic mass is 9.90. The maximum Gasteiger partial charge on any atom is 0.0930 e. The molecule has 0 radical (unpaired) electrons. The van der Waals surface area contributed by atoms with Gasteiger partial charge in [0.1, 0.15) is 0 Å². The Morgan fingerprint density at radius 2 is 1.90 bits per heavy atom. The molecule has 1 rings (SSSR count). The second kappa shape index (κ2) is 2.21. The molecule has 2 heteroatoms. The van der Waals surface area contributed by atoms with Crippen molar-refractivity contribution < 1.29 is 4.65 Å². The van der Waals surface area contributed by atoms with Crippen LogP contribution in [0.2, 0.25) is 0 Å². The van der Waals surface area contributed by atoms with Gasteiger partial charge in [-0.05, 0) is 26.7 Å². The second-order valence-corrected chi connectivity index (χ2v) is 4.09. The highest BCUT2D eigenvalue weighted by Gasteiger charge is 2.35. The number of piperidine rings is 1. The molecule has 0 aromatic heterocycles. The number of rotatable bonds is 0. The van der Waals surface area contributed by atoms with Crippen molar-refractivity contribution in [2.45, 2.75) is 38.6 Å². The van der Waals surface area contributed by atoms with Crippen molar-refractivity contribution >= 4 is 0 Å². The van der Waals surface area contributed by atoms with E-state index in [0.29, 0.717) is 0 Å². The summed E-state index contributed by atoms with van der Waals surface area (Å²) in [5.41, 5.74) is -0.0434. The van der Waals surface area contributed by atoms with E-state index in [1.54, 1.807) is 7.05 Å². The molecular formula is C8H17NO. The van der Waals surface area contributed by atoms with Gasteiger partial charge in [-0.15, -0.1) is 0 Å². The first-order chi connectivity index (χ1) is 4.46. The highest BCUT2D eigenvalue weighted by Crippen LogP contribution is 2.31. The van der Waals surface area contributed by atoms with E-state index in [0.717, 1.165) is 19.4 Å². The summed E-state index contributed by atoms with van der Waals surface area (Å²) in [5.74, 6) is 0. The number of hydrogen-bond acceptors (Lipinski definition) is 1. The molecule has 1 aliphatic heterocycles. The molecular weight excluding hydrogens is 126 g/mol. The highest BCUT2D eigenvalue weighted by molar-refractivity contribution is 4.74. The van der Waals surface area contributed by atoms with Gasteiger partial charge in [0.25, 0.3) is 0 Å². The molecule has 1 aliphatic rings. The summed E-state index contributed by atoms with van der Waals surface area (Å²) >= 11 is 0. The molecule has 1 heterocycles. The smallest absolute Gasteiger partial charge is 0.0930 e. The molecule has 0 aromatic rings. The molecule has 1 fully saturated rings. The van der Waals surface area contributed by atoms with Gasteiger partial charge in [-0.2, -0.15) is 0 Å². The Morgan fingerprint density at radius 1 is 1.30 bits per heavy atom. The van der Waals surface area contributed by atoms with Crippen LogP contribution in [0.25, 0.3) is 0 Å². The summed E-state index contributed by atoms with van der Waals surface area (Å²) in [6.07, 6.45) is 3.40. The summed E-state index contributed by atoms with van der Waals surface area (Å²) in [5, 5.41) is 11.7. The van der Waals surface area contributed by atoms with E-state index >= 15 is 0 Å². The Bertz CT molecular complexity index is 113. The molecule has 0 aliphatic carbocycles. The van der Waals surface area contributed by atoms with Crippen LogP contribution in [0.4, 0.5) is 0 Å². The Labute approximate surface area is 63.0 Å². The van der Waals surface area contributed by atoms with Crippen LogP contribution in [-0.4, -0.2) is 23.8 Å². The van der Waals surface area contributed by atoms with Gasteiger partial charge in [0, 0.05) is 6.42 Å². The maximum atomic E-state index is 11.7. The molecule has 0 amide bonds. The van der Waals surface area contributed by atoms with Crippen LogP contribution in [0.3, 0.4) is 0 Å². The summed E-state index contributed by atoms with van der Waals surface area (Å²) in [4.78, 5) is 0. The summed E-state index contributed by atoms with van der Waals surface area (Å²) in [6.45, 7) is 4.94. The van der Waals surface area contributed by atoms with Crippen molar-refractivity contribution in [3.05, 3.63) is 5.21 Å². The van der Waals surface area contributed by atoms with Crippen LogP contribution in [0.15, 0.2) is 0 Å². The first-order valence-corrected chi connectivity index (χ1v) is 4.02. The normalized spacial score (nSPS) is 39.6. The molecule has 0 saturated carbocycles. The van der Waals surface area contributed by atoms with Crippen molar-refractivity contribution in [1.82, 2.24) is 0 Å². The van der Waals surface area contributed by atoms with E-state index in [1.165, 1.54) is 6.42 Å². The molecule has 1 unspecified atom stereocenters. The molecule has 0 N–H and O–H groups in total. The van der Waals surface area contributed by atoms with Crippen LogP contribution in [-0.2, 0) is 0 Å². The SMILES string of the molecule is CC1(C)CCCC[N+]1(C)[O-]. The fourth-order valence-electron chi connectivity index (χ4n) is 1.51. The van der Waals surface area contributed by atoms with Crippen molar-refractivity contribution in [3.8, 4) is 0 Å². The lowest BCUT2D eigenvalue weighted by Crippen LogP contribution is -2.57. The van der Waals surface area contributed by atoms with E-state index in [9.17, 15) is 5.21 Å². The van der Waals surface area contributed by atoms with Gasteiger partial charge < -0.3 is 9.85 Å². The van der Waals surface area contributed by atoms with E-state index in [2.05, 4.69) is 13.8 Å². The average molecular weight is 143 g/mol. The Morgan fingerprint density at radius 3 is 2.20 bits per heavy atom. The molecule has 0 bridgehead atoms. The fraction of sp³-hybridized carbons (Fsp3) is 1.00. The zero-order chi connectivity index (χ0) is 7.83.